The van der Waals surface area contributed by atoms with Crippen molar-refractivity contribution in [1.82, 2.24) is 5.32 Å². The van der Waals surface area contributed by atoms with Crippen LogP contribution in [0.15, 0.2) is 24.3 Å². The van der Waals surface area contributed by atoms with E-state index in [1.165, 1.54) is 12.7 Å². The maximum atomic E-state index is 11.5. The van der Waals surface area contributed by atoms with Crippen molar-refractivity contribution >= 4 is 18.3 Å². The molecular formula is C16H27ClN2O3. The highest BCUT2D eigenvalue weighted by molar-refractivity contribution is 5.85. The second kappa shape index (κ2) is 9.66. The van der Waals surface area contributed by atoms with E-state index in [4.69, 9.17) is 15.2 Å². The summed E-state index contributed by atoms with van der Waals surface area (Å²) in [6, 6.07) is 7.37. The Kier molecular flexibility index (Phi) is 9.09. The number of halogens is 1. The minimum absolute atomic E-state index is 0. The molecule has 0 aromatic heterocycles. The molecule has 0 aliphatic rings. The number of hydrogen-bond donors (Lipinski definition) is 2. The van der Waals surface area contributed by atoms with Crippen molar-refractivity contribution < 1.29 is 14.3 Å². The van der Waals surface area contributed by atoms with E-state index in [0.29, 0.717) is 13.2 Å². The smallest absolute Gasteiger partial charge is 0.239 e. The summed E-state index contributed by atoms with van der Waals surface area (Å²) in [7, 11) is 1.51. The summed E-state index contributed by atoms with van der Waals surface area (Å²) in [6.45, 7) is 7.53. The maximum Gasteiger partial charge on any atom is 0.239 e. The fourth-order valence-corrected chi connectivity index (χ4v) is 1.78. The second-order valence-electron chi connectivity index (χ2n) is 5.98. The van der Waals surface area contributed by atoms with Gasteiger partial charge in [0.2, 0.25) is 5.91 Å². The molecule has 1 amide bonds. The first-order valence-electron chi connectivity index (χ1n) is 7.10. The molecular weight excluding hydrogens is 304 g/mol. The summed E-state index contributed by atoms with van der Waals surface area (Å²) in [5.74, 6) is 0.557. The molecule has 22 heavy (non-hydrogen) atoms. The molecule has 1 atom stereocenters. The van der Waals surface area contributed by atoms with Gasteiger partial charge >= 0.3 is 0 Å². The van der Waals surface area contributed by atoms with Crippen LogP contribution in [0.1, 0.15) is 26.3 Å². The Bertz CT molecular complexity index is 444. The number of nitrogens with one attached hydrogen (secondary N) is 1. The molecule has 0 fully saturated rings. The topological polar surface area (TPSA) is 73.6 Å². The molecule has 126 valence electrons. The molecule has 0 saturated carbocycles. The van der Waals surface area contributed by atoms with E-state index in [1.807, 2.05) is 12.1 Å². The summed E-state index contributed by atoms with van der Waals surface area (Å²) in [5.41, 5.74) is 6.99. The normalized spacial score (nSPS) is 12.2. The van der Waals surface area contributed by atoms with E-state index in [2.05, 4.69) is 38.2 Å². The van der Waals surface area contributed by atoms with Crippen molar-refractivity contribution in [2.75, 3.05) is 26.9 Å². The van der Waals surface area contributed by atoms with Crippen LogP contribution in [0.25, 0.3) is 0 Å². The van der Waals surface area contributed by atoms with Crippen LogP contribution in [0.2, 0.25) is 0 Å². The van der Waals surface area contributed by atoms with Crippen molar-refractivity contribution in [3.63, 3.8) is 0 Å². The van der Waals surface area contributed by atoms with Crippen molar-refractivity contribution in [3.8, 4) is 5.75 Å². The summed E-state index contributed by atoms with van der Waals surface area (Å²) in [5, 5.41) is 2.70. The van der Waals surface area contributed by atoms with Crippen LogP contribution < -0.4 is 15.8 Å². The van der Waals surface area contributed by atoms with E-state index in [1.54, 1.807) is 0 Å². The third-order valence-electron chi connectivity index (χ3n) is 3.07. The van der Waals surface area contributed by atoms with Crippen LogP contribution in [0.5, 0.6) is 5.75 Å². The van der Waals surface area contributed by atoms with E-state index in [9.17, 15) is 4.79 Å². The lowest BCUT2D eigenvalue weighted by atomic mass is 9.87. The van der Waals surface area contributed by atoms with Gasteiger partial charge in [0.1, 0.15) is 18.4 Å². The Morgan fingerprint density at radius 1 is 1.27 bits per heavy atom. The summed E-state index contributed by atoms with van der Waals surface area (Å²) in [4.78, 5) is 11.5. The van der Waals surface area contributed by atoms with Gasteiger partial charge in [-0.3, -0.25) is 4.79 Å². The fourth-order valence-electron chi connectivity index (χ4n) is 1.78. The van der Waals surface area contributed by atoms with Gasteiger partial charge in [-0.25, -0.2) is 0 Å². The summed E-state index contributed by atoms with van der Waals surface area (Å²) < 4.78 is 10.4. The first-order chi connectivity index (χ1) is 9.84. The number of nitrogens with two attached hydrogens (primary N) is 1. The molecule has 0 heterocycles. The van der Waals surface area contributed by atoms with Crippen LogP contribution in [-0.2, 0) is 14.9 Å². The van der Waals surface area contributed by atoms with Crippen molar-refractivity contribution in [1.29, 1.82) is 0 Å². The molecule has 0 spiro atoms. The van der Waals surface area contributed by atoms with Crippen LogP contribution in [-0.4, -0.2) is 38.8 Å². The van der Waals surface area contributed by atoms with E-state index in [0.717, 1.165) is 5.75 Å². The average Bonchev–Trinajstić information content (AvgIpc) is 2.43. The molecule has 0 aliphatic carbocycles. The quantitative estimate of drug-likeness (QED) is 0.749. The maximum absolute atomic E-state index is 11.5. The first kappa shape index (κ1) is 20.7. The standard InChI is InChI=1S/C16H26N2O3.ClH/c1-16(2,3)12-5-7-13(8-6-12)21-10-9-18-15(19)14(17)11-20-4;/h5-8,14H,9-11,17H2,1-4H3,(H,18,19);1H. The van der Waals surface area contributed by atoms with Crippen molar-refractivity contribution in [3.05, 3.63) is 29.8 Å². The number of amides is 1. The highest BCUT2D eigenvalue weighted by atomic mass is 35.5. The highest BCUT2D eigenvalue weighted by Gasteiger charge is 2.13. The highest BCUT2D eigenvalue weighted by Crippen LogP contribution is 2.24. The molecule has 0 aliphatic heterocycles. The Morgan fingerprint density at radius 3 is 2.36 bits per heavy atom. The predicted molar refractivity (Wildman–Crippen MR) is 90.7 cm³/mol. The minimum Gasteiger partial charge on any atom is -0.492 e. The van der Waals surface area contributed by atoms with Crippen molar-refractivity contribution in [2.24, 2.45) is 5.73 Å². The number of ether oxygens (including phenoxy) is 2. The number of carbonyl (C=O) groups excluding carboxylic acids is 1. The SMILES string of the molecule is COCC(N)C(=O)NCCOc1ccc(C(C)(C)C)cc1.Cl. The molecule has 0 bridgehead atoms. The molecule has 0 saturated heterocycles. The van der Waals surface area contributed by atoms with Crippen LogP contribution in [0, 0.1) is 0 Å². The Labute approximate surface area is 139 Å². The lowest BCUT2D eigenvalue weighted by Crippen LogP contribution is -2.44. The zero-order valence-corrected chi connectivity index (χ0v) is 14.5. The zero-order chi connectivity index (χ0) is 15.9. The van der Waals surface area contributed by atoms with E-state index in [-0.39, 0.29) is 30.3 Å². The second-order valence-corrected chi connectivity index (χ2v) is 5.98. The van der Waals surface area contributed by atoms with Crippen molar-refractivity contribution in [2.45, 2.75) is 32.2 Å². The predicted octanol–water partition coefficient (Wildman–Crippen LogP) is 1.87. The van der Waals surface area contributed by atoms with Crippen LogP contribution in [0.3, 0.4) is 0 Å². The van der Waals surface area contributed by atoms with Gasteiger partial charge in [0, 0.05) is 7.11 Å². The van der Waals surface area contributed by atoms with Gasteiger partial charge in [-0.2, -0.15) is 0 Å². The molecule has 3 N–H and O–H groups in total. The monoisotopic (exact) mass is 330 g/mol. The number of benzene rings is 1. The van der Waals surface area contributed by atoms with Crippen LogP contribution >= 0.6 is 12.4 Å². The van der Waals surface area contributed by atoms with Gasteiger partial charge in [-0.05, 0) is 23.1 Å². The van der Waals surface area contributed by atoms with Gasteiger partial charge in [0.15, 0.2) is 0 Å². The molecule has 1 aromatic carbocycles. The van der Waals surface area contributed by atoms with Gasteiger partial charge in [0.25, 0.3) is 0 Å². The minimum atomic E-state index is -0.638. The van der Waals surface area contributed by atoms with Gasteiger partial charge in [-0.1, -0.05) is 32.9 Å². The third kappa shape index (κ3) is 7.11. The van der Waals surface area contributed by atoms with Gasteiger partial charge in [-0.15, -0.1) is 12.4 Å². The zero-order valence-electron chi connectivity index (χ0n) is 13.7. The first-order valence-corrected chi connectivity index (χ1v) is 7.10. The van der Waals surface area contributed by atoms with Gasteiger partial charge in [0.05, 0.1) is 13.2 Å². The number of rotatable bonds is 7. The molecule has 5 nitrogen and oxygen atoms in total. The summed E-state index contributed by atoms with van der Waals surface area (Å²) >= 11 is 0. The Balaban J connectivity index is 0.00000441. The van der Waals surface area contributed by atoms with E-state index >= 15 is 0 Å². The molecule has 1 aromatic rings. The van der Waals surface area contributed by atoms with E-state index < -0.39 is 6.04 Å². The molecule has 0 radical (unpaired) electrons. The molecule has 6 heteroatoms. The Hall–Kier alpha value is -1.30. The average molecular weight is 331 g/mol. The molecule has 1 rings (SSSR count). The summed E-state index contributed by atoms with van der Waals surface area (Å²) in [6.07, 6.45) is 0. The molecule has 1 unspecified atom stereocenters. The Morgan fingerprint density at radius 2 is 1.86 bits per heavy atom. The fraction of sp³-hybridized carbons (Fsp3) is 0.562. The lowest BCUT2D eigenvalue weighted by Gasteiger charge is -2.19. The van der Waals surface area contributed by atoms with Gasteiger partial charge < -0.3 is 20.5 Å². The number of carbonyl (C=O) groups is 1. The number of hydrogen-bond acceptors (Lipinski definition) is 4. The third-order valence-corrected chi connectivity index (χ3v) is 3.07. The number of methoxy groups -OCH3 is 1. The largest absolute Gasteiger partial charge is 0.492 e. The van der Waals surface area contributed by atoms with Crippen LogP contribution in [0.4, 0.5) is 0 Å². The lowest BCUT2D eigenvalue weighted by molar-refractivity contribution is -0.123.